The largest absolute Gasteiger partial charge is 0.478 e. The Bertz CT molecular complexity index is 341. The third-order valence-corrected chi connectivity index (χ3v) is 1.92. The molecule has 4 nitrogen and oxygen atoms in total. The van der Waals surface area contributed by atoms with Crippen LogP contribution in [0.3, 0.4) is 0 Å². The number of aromatic carboxylic acids is 1. The second-order valence-electron chi connectivity index (χ2n) is 2.86. The molecule has 0 atom stereocenters. The average molecular weight is 195 g/mol. The highest BCUT2D eigenvalue weighted by Crippen LogP contribution is 2.12. The van der Waals surface area contributed by atoms with E-state index in [0.717, 1.165) is 0 Å². The van der Waals surface area contributed by atoms with Crippen LogP contribution >= 0.6 is 0 Å². The Morgan fingerprint density at radius 1 is 1.79 bits per heavy atom. The third kappa shape index (κ3) is 2.03. The molecule has 1 aromatic heterocycles. The Hall–Kier alpha value is -1.55. The molecule has 0 fully saturated rings. The van der Waals surface area contributed by atoms with E-state index in [1.165, 1.54) is 7.11 Å². The third-order valence-electron chi connectivity index (χ3n) is 1.92. The fourth-order valence-electron chi connectivity index (χ4n) is 1.31. The number of rotatable bonds is 5. The van der Waals surface area contributed by atoms with E-state index in [2.05, 4.69) is 6.58 Å². The minimum atomic E-state index is -0.931. The number of hydrogen-bond acceptors (Lipinski definition) is 2. The van der Waals surface area contributed by atoms with Gasteiger partial charge in [0, 0.05) is 19.9 Å². The fraction of sp³-hybridized carbons (Fsp3) is 0.300. The van der Waals surface area contributed by atoms with E-state index in [1.807, 2.05) is 0 Å². The molecule has 1 N–H and O–H groups in total. The second kappa shape index (κ2) is 4.62. The SMILES string of the molecule is C=CCn1ccc(C(=O)O)c1COC. The summed E-state index contributed by atoms with van der Waals surface area (Å²) in [4.78, 5) is 10.8. The summed E-state index contributed by atoms with van der Waals surface area (Å²) in [6.07, 6.45) is 3.43. The van der Waals surface area contributed by atoms with Gasteiger partial charge in [-0.05, 0) is 6.07 Å². The van der Waals surface area contributed by atoms with E-state index in [-0.39, 0.29) is 5.56 Å². The standard InChI is InChI=1S/C10H13NO3/c1-3-5-11-6-4-8(10(12)13)9(11)7-14-2/h3-4,6H,1,5,7H2,2H3,(H,12,13). The molecule has 0 radical (unpaired) electrons. The van der Waals surface area contributed by atoms with E-state index in [1.54, 1.807) is 22.9 Å². The molecule has 0 aromatic carbocycles. The summed E-state index contributed by atoms with van der Waals surface area (Å²) in [5.74, 6) is -0.931. The lowest BCUT2D eigenvalue weighted by Crippen LogP contribution is -2.07. The van der Waals surface area contributed by atoms with Crippen molar-refractivity contribution in [2.24, 2.45) is 0 Å². The summed E-state index contributed by atoms with van der Waals surface area (Å²) in [5.41, 5.74) is 0.952. The minimum Gasteiger partial charge on any atom is -0.478 e. The Labute approximate surface area is 82.4 Å². The van der Waals surface area contributed by atoms with Crippen LogP contribution in [0, 0.1) is 0 Å². The molecule has 0 bridgehead atoms. The van der Waals surface area contributed by atoms with Crippen molar-refractivity contribution < 1.29 is 14.6 Å². The van der Waals surface area contributed by atoms with Gasteiger partial charge < -0.3 is 14.4 Å². The van der Waals surface area contributed by atoms with Crippen molar-refractivity contribution in [1.82, 2.24) is 4.57 Å². The first-order valence-electron chi connectivity index (χ1n) is 4.21. The normalized spacial score (nSPS) is 10.1. The molecule has 0 aliphatic carbocycles. The monoisotopic (exact) mass is 195 g/mol. The highest BCUT2D eigenvalue weighted by atomic mass is 16.5. The number of nitrogens with zero attached hydrogens (tertiary/aromatic N) is 1. The van der Waals surface area contributed by atoms with Gasteiger partial charge in [0.05, 0.1) is 17.9 Å². The number of allylic oxidation sites excluding steroid dienone is 1. The van der Waals surface area contributed by atoms with E-state index < -0.39 is 5.97 Å². The van der Waals surface area contributed by atoms with Gasteiger partial charge in [0.2, 0.25) is 0 Å². The molecule has 1 rings (SSSR count). The molecular weight excluding hydrogens is 182 g/mol. The van der Waals surface area contributed by atoms with Crippen LogP contribution in [0.1, 0.15) is 16.1 Å². The summed E-state index contributed by atoms with van der Waals surface area (Å²) >= 11 is 0. The van der Waals surface area contributed by atoms with Gasteiger partial charge in [0.1, 0.15) is 0 Å². The van der Waals surface area contributed by atoms with Crippen molar-refractivity contribution in [2.75, 3.05) is 7.11 Å². The first-order chi connectivity index (χ1) is 6.70. The lowest BCUT2D eigenvalue weighted by atomic mass is 10.2. The van der Waals surface area contributed by atoms with Gasteiger partial charge in [-0.25, -0.2) is 4.79 Å². The number of carboxylic acids is 1. The predicted octanol–water partition coefficient (Wildman–Crippen LogP) is 1.52. The molecule has 1 heterocycles. The molecule has 0 saturated heterocycles. The average Bonchev–Trinajstić information content (AvgIpc) is 2.50. The zero-order valence-corrected chi connectivity index (χ0v) is 8.06. The molecule has 14 heavy (non-hydrogen) atoms. The Balaban J connectivity index is 3.05. The highest BCUT2D eigenvalue weighted by molar-refractivity contribution is 5.89. The number of methoxy groups -OCH3 is 1. The molecular formula is C10H13NO3. The molecule has 0 amide bonds. The molecule has 76 valence electrons. The quantitative estimate of drug-likeness (QED) is 0.725. The number of carboxylic acid groups (broad SMARTS) is 1. The summed E-state index contributed by atoms with van der Waals surface area (Å²) < 4.78 is 6.75. The fourth-order valence-corrected chi connectivity index (χ4v) is 1.31. The molecule has 0 saturated carbocycles. The van der Waals surface area contributed by atoms with Crippen molar-refractivity contribution in [3.05, 3.63) is 36.2 Å². The van der Waals surface area contributed by atoms with Crippen LogP contribution in [0.25, 0.3) is 0 Å². The maximum absolute atomic E-state index is 10.8. The van der Waals surface area contributed by atoms with E-state index in [4.69, 9.17) is 9.84 Å². The molecule has 0 unspecified atom stereocenters. The van der Waals surface area contributed by atoms with Crippen molar-refractivity contribution in [3.8, 4) is 0 Å². The van der Waals surface area contributed by atoms with Crippen LogP contribution in [0.5, 0.6) is 0 Å². The Morgan fingerprint density at radius 3 is 3.00 bits per heavy atom. The predicted molar refractivity (Wildman–Crippen MR) is 52.3 cm³/mol. The van der Waals surface area contributed by atoms with Crippen molar-refractivity contribution >= 4 is 5.97 Å². The smallest absolute Gasteiger partial charge is 0.337 e. The Morgan fingerprint density at radius 2 is 2.50 bits per heavy atom. The summed E-state index contributed by atoms with van der Waals surface area (Å²) in [6, 6.07) is 1.57. The van der Waals surface area contributed by atoms with Gasteiger partial charge >= 0.3 is 5.97 Å². The lowest BCUT2D eigenvalue weighted by Gasteiger charge is -2.06. The maximum Gasteiger partial charge on any atom is 0.337 e. The lowest BCUT2D eigenvalue weighted by molar-refractivity contribution is 0.0691. The van der Waals surface area contributed by atoms with E-state index >= 15 is 0 Å². The minimum absolute atomic E-state index is 0.286. The van der Waals surface area contributed by atoms with Crippen LogP contribution in [-0.4, -0.2) is 22.8 Å². The Kier molecular flexibility index (Phi) is 3.48. The summed E-state index contributed by atoms with van der Waals surface area (Å²) in [6.45, 7) is 4.49. The zero-order valence-electron chi connectivity index (χ0n) is 8.06. The van der Waals surface area contributed by atoms with Crippen LogP contribution < -0.4 is 0 Å². The number of carbonyl (C=O) groups is 1. The maximum atomic E-state index is 10.8. The van der Waals surface area contributed by atoms with Crippen molar-refractivity contribution in [2.45, 2.75) is 13.2 Å². The molecule has 4 heteroatoms. The summed E-state index contributed by atoms with van der Waals surface area (Å²) in [5, 5.41) is 8.88. The van der Waals surface area contributed by atoms with E-state index in [0.29, 0.717) is 18.8 Å². The van der Waals surface area contributed by atoms with Gasteiger partial charge in [-0.2, -0.15) is 0 Å². The van der Waals surface area contributed by atoms with Crippen molar-refractivity contribution in [3.63, 3.8) is 0 Å². The zero-order chi connectivity index (χ0) is 10.6. The number of aromatic nitrogens is 1. The van der Waals surface area contributed by atoms with Crippen LogP contribution in [0.15, 0.2) is 24.9 Å². The number of ether oxygens (including phenoxy) is 1. The topological polar surface area (TPSA) is 51.5 Å². The molecule has 0 aliphatic rings. The van der Waals surface area contributed by atoms with Gasteiger partial charge in [0.15, 0.2) is 0 Å². The number of hydrogen-bond donors (Lipinski definition) is 1. The van der Waals surface area contributed by atoms with Crippen LogP contribution in [0.4, 0.5) is 0 Å². The van der Waals surface area contributed by atoms with Crippen LogP contribution in [0.2, 0.25) is 0 Å². The first kappa shape index (κ1) is 10.5. The van der Waals surface area contributed by atoms with E-state index in [9.17, 15) is 4.79 Å². The van der Waals surface area contributed by atoms with Crippen molar-refractivity contribution in [1.29, 1.82) is 0 Å². The van der Waals surface area contributed by atoms with Gasteiger partial charge in [0.25, 0.3) is 0 Å². The first-order valence-corrected chi connectivity index (χ1v) is 4.21. The molecule has 0 aliphatic heterocycles. The summed E-state index contributed by atoms with van der Waals surface area (Å²) in [7, 11) is 1.54. The second-order valence-corrected chi connectivity index (χ2v) is 2.86. The van der Waals surface area contributed by atoms with Gasteiger partial charge in [-0.15, -0.1) is 6.58 Å². The molecule has 1 aromatic rings. The van der Waals surface area contributed by atoms with Gasteiger partial charge in [-0.1, -0.05) is 6.08 Å². The van der Waals surface area contributed by atoms with Crippen LogP contribution in [-0.2, 0) is 17.9 Å². The highest BCUT2D eigenvalue weighted by Gasteiger charge is 2.13. The molecule has 0 spiro atoms. The van der Waals surface area contributed by atoms with Gasteiger partial charge in [-0.3, -0.25) is 0 Å².